The average molecular weight is 926 g/mol. The van der Waals surface area contributed by atoms with Gasteiger partial charge in [-0.05, 0) is 47.0 Å². The van der Waals surface area contributed by atoms with Crippen LogP contribution in [0.5, 0.6) is 0 Å². The standard InChI is InChI=1S/C31H52N6O7.C18H37NO2.3H2/c1-8-44-18-26(41)35-12-10-9-11-20(27(33)42)13-23(38)29(2,3)15-24(39)30(4,5)16-25(40)31(6,7)37-28(43)22(32)14-21-17-34-19-36-21;1-3-5-6-7-8-9-10-11-12-13-14-15-18(20)19-16-17-21-4-2;;;/h17,19-20,22H,8-16,18,32H2,1-7H3,(H2,33,42)(H,34,36)(H,35,41)(H,37,43);3-17H2,1-2H3,(H,19,20);3*1H/t20-,22+;;;;/m1..../s1. The van der Waals surface area contributed by atoms with Crippen LogP contribution in [0.25, 0.3) is 0 Å². The number of nitrogens with one attached hydrogen (secondary N) is 4. The summed E-state index contributed by atoms with van der Waals surface area (Å²) in [4.78, 5) is 94.5. The number of ether oxygens (including phenoxy) is 2. The van der Waals surface area contributed by atoms with Crippen LogP contribution in [0.15, 0.2) is 12.5 Å². The molecule has 0 unspecified atom stereocenters. The topological polar surface area (TPSA) is 255 Å². The monoisotopic (exact) mass is 926 g/mol. The Labute approximate surface area is 395 Å². The highest BCUT2D eigenvalue weighted by Gasteiger charge is 2.41. The number of carbonyl (C=O) groups is 7. The van der Waals surface area contributed by atoms with E-state index in [1.165, 1.54) is 70.5 Å². The van der Waals surface area contributed by atoms with E-state index in [0.29, 0.717) is 64.3 Å². The number of nitrogens with two attached hydrogens (primary N) is 2. The number of unbranched alkanes of at least 4 members (excludes halogenated alkanes) is 11. The van der Waals surface area contributed by atoms with E-state index in [4.69, 9.17) is 20.9 Å². The van der Waals surface area contributed by atoms with Gasteiger partial charge in [0.2, 0.25) is 23.6 Å². The number of aromatic nitrogens is 2. The molecule has 65 heavy (non-hydrogen) atoms. The molecule has 16 heteroatoms. The lowest BCUT2D eigenvalue weighted by Gasteiger charge is -2.33. The number of carbonyl (C=O) groups excluding carboxylic acids is 7. The smallest absolute Gasteiger partial charge is 0.245 e. The molecule has 1 heterocycles. The molecule has 0 aliphatic carbocycles. The summed E-state index contributed by atoms with van der Waals surface area (Å²) in [5.74, 6) is -2.78. The molecule has 0 radical (unpaired) electrons. The zero-order valence-corrected chi connectivity index (χ0v) is 41.8. The van der Waals surface area contributed by atoms with Crippen molar-refractivity contribution >= 4 is 41.0 Å². The third-order valence-corrected chi connectivity index (χ3v) is 11.5. The van der Waals surface area contributed by atoms with Gasteiger partial charge in [-0.15, -0.1) is 0 Å². The maximum Gasteiger partial charge on any atom is 0.245 e. The Hall–Kier alpha value is -4.02. The van der Waals surface area contributed by atoms with Crippen LogP contribution >= 0.6 is 0 Å². The van der Waals surface area contributed by atoms with Gasteiger partial charge in [0, 0.05) is 91.3 Å². The Morgan fingerprint density at radius 2 is 1.26 bits per heavy atom. The van der Waals surface area contributed by atoms with Gasteiger partial charge in [-0.3, -0.25) is 33.6 Å². The quantitative estimate of drug-likeness (QED) is 0.0365. The Balaban J connectivity index is -0.000000723. The van der Waals surface area contributed by atoms with Crippen LogP contribution in [0.1, 0.15) is 188 Å². The second kappa shape index (κ2) is 34.3. The summed E-state index contributed by atoms with van der Waals surface area (Å²) < 4.78 is 10.2. The van der Waals surface area contributed by atoms with E-state index < -0.39 is 40.1 Å². The van der Waals surface area contributed by atoms with Crippen molar-refractivity contribution in [2.45, 2.75) is 196 Å². The molecule has 0 spiro atoms. The zero-order valence-electron chi connectivity index (χ0n) is 41.8. The number of hydrogen-bond acceptors (Lipinski definition) is 11. The van der Waals surface area contributed by atoms with E-state index in [-0.39, 0.29) is 65.7 Å². The molecule has 0 saturated heterocycles. The van der Waals surface area contributed by atoms with Crippen molar-refractivity contribution in [2.24, 2.45) is 28.2 Å². The fourth-order valence-electron chi connectivity index (χ4n) is 6.94. The minimum atomic E-state index is -1.29. The number of H-pyrrole nitrogens is 1. The van der Waals surface area contributed by atoms with Crippen molar-refractivity contribution in [3.8, 4) is 0 Å². The number of imidazole rings is 1. The lowest BCUT2D eigenvalue weighted by Crippen LogP contribution is -2.56. The Kier molecular flexibility index (Phi) is 32.2. The van der Waals surface area contributed by atoms with Gasteiger partial charge in [0.15, 0.2) is 5.78 Å². The van der Waals surface area contributed by atoms with Crippen molar-refractivity contribution in [2.75, 3.05) is 39.5 Å². The maximum absolute atomic E-state index is 13.4. The number of nitrogens with zero attached hydrogens (tertiary/aromatic N) is 1. The lowest BCUT2D eigenvalue weighted by atomic mass is 9.71. The van der Waals surface area contributed by atoms with Crippen LogP contribution in [-0.2, 0) is 49.5 Å². The summed E-state index contributed by atoms with van der Waals surface area (Å²) in [5, 5.41) is 8.30. The maximum atomic E-state index is 13.4. The van der Waals surface area contributed by atoms with Gasteiger partial charge in [0.05, 0.1) is 24.5 Å². The van der Waals surface area contributed by atoms with Gasteiger partial charge >= 0.3 is 0 Å². The summed E-state index contributed by atoms with van der Waals surface area (Å²) in [6, 6.07) is -0.903. The Morgan fingerprint density at radius 3 is 1.82 bits per heavy atom. The summed E-state index contributed by atoms with van der Waals surface area (Å²) >= 11 is 0. The first-order valence-electron chi connectivity index (χ1n) is 24.3. The van der Waals surface area contributed by atoms with E-state index in [1.54, 1.807) is 54.7 Å². The molecule has 4 amide bonds. The first-order valence-corrected chi connectivity index (χ1v) is 24.3. The minimum absolute atomic E-state index is 0. The highest BCUT2D eigenvalue weighted by atomic mass is 16.5. The molecule has 0 aromatic carbocycles. The SMILES string of the molecule is CCCCCCCCCCCCCC(=O)NCCOCC.CCOCC(=O)NCCCC[C@H](CC(=O)C(C)(C)CC(=O)C(C)(C)CC(=O)C(C)(C)NC(=O)[C@@H](N)Cc1cnc[nH]1)C(N)=O.[HH].[HH].[HH]. The molecule has 380 valence electrons. The predicted octanol–water partition coefficient (Wildman–Crippen LogP) is 7.11. The van der Waals surface area contributed by atoms with Crippen molar-refractivity contribution in [3.63, 3.8) is 0 Å². The van der Waals surface area contributed by atoms with Crippen molar-refractivity contribution < 1.29 is 47.3 Å². The third kappa shape index (κ3) is 29.3. The number of rotatable bonds is 38. The van der Waals surface area contributed by atoms with Crippen LogP contribution in [0, 0.1) is 16.7 Å². The van der Waals surface area contributed by atoms with Crippen LogP contribution < -0.4 is 27.4 Å². The van der Waals surface area contributed by atoms with Gasteiger partial charge in [-0.1, -0.05) is 105 Å². The van der Waals surface area contributed by atoms with Crippen LogP contribution in [0.2, 0.25) is 0 Å². The van der Waals surface area contributed by atoms with Crippen molar-refractivity contribution in [3.05, 3.63) is 18.2 Å². The molecule has 1 rings (SSSR count). The summed E-state index contributed by atoms with van der Waals surface area (Å²) in [6.07, 6.45) is 19.6. The number of amides is 4. The van der Waals surface area contributed by atoms with E-state index in [0.717, 1.165) is 6.42 Å². The molecule has 16 nitrogen and oxygen atoms in total. The minimum Gasteiger partial charge on any atom is -0.380 e. The number of Topliss-reactive ketones (excluding diaryl/α,β-unsaturated/α-hetero) is 3. The molecule has 0 aliphatic rings. The Bertz CT molecular complexity index is 1550. The largest absolute Gasteiger partial charge is 0.380 e. The number of ketones is 3. The molecule has 0 aliphatic heterocycles. The van der Waals surface area contributed by atoms with E-state index >= 15 is 0 Å². The molecule has 8 N–H and O–H groups in total. The molecule has 0 fully saturated rings. The van der Waals surface area contributed by atoms with Crippen molar-refractivity contribution in [1.29, 1.82) is 0 Å². The first kappa shape index (κ1) is 61.0. The lowest BCUT2D eigenvalue weighted by molar-refractivity contribution is -0.140. The van der Waals surface area contributed by atoms with Crippen LogP contribution in [0.3, 0.4) is 0 Å². The van der Waals surface area contributed by atoms with Gasteiger partial charge in [-0.25, -0.2) is 4.98 Å². The number of primary amides is 1. The second-order valence-electron chi connectivity index (χ2n) is 19.0. The van der Waals surface area contributed by atoms with Crippen LogP contribution in [0.4, 0.5) is 0 Å². The average Bonchev–Trinajstić information content (AvgIpc) is 3.75. The molecule has 0 saturated carbocycles. The summed E-state index contributed by atoms with van der Waals surface area (Å²) in [5.41, 5.74) is 8.76. The molecular weight excluding hydrogens is 831 g/mol. The van der Waals surface area contributed by atoms with Gasteiger partial charge in [0.1, 0.15) is 18.2 Å². The zero-order chi connectivity index (χ0) is 49.3. The van der Waals surface area contributed by atoms with Gasteiger partial charge in [-0.2, -0.15) is 0 Å². The van der Waals surface area contributed by atoms with Crippen molar-refractivity contribution in [1.82, 2.24) is 25.9 Å². The van der Waals surface area contributed by atoms with Crippen LogP contribution in [-0.4, -0.2) is 102 Å². The first-order chi connectivity index (χ1) is 30.6. The molecule has 1 aromatic heterocycles. The summed E-state index contributed by atoms with van der Waals surface area (Å²) in [7, 11) is 0. The predicted molar refractivity (Wildman–Crippen MR) is 262 cm³/mol. The second-order valence-corrected chi connectivity index (χ2v) is 19.0. The fraction of sp³-hybridized carbons (Fsp3) is 0.796. The third-order valence-electron chi connectivity index (χ3n) is 11.5. The normalized spacial score (nSPS) is 12.6. The van der Waals surface area contributed by atoms with Gasteiger partial charge in [0.25, 0.3) is 0 Å². The van der Waals surface area contributed by atoms with Gasteiger partial charge < -0.3 is 41.9 Å². The van der Waals surface area contributed by atoms with E-state index in [1.807, 2.05) is 6.92 Å². The fourth-order valence-corrected chi connectivity index (χ4v) is 6.94. The van der Waals surface area contributed by atoms with E-state index in [2.05, 4.69) is 32.8 Å². The number of aromatic amines is 1. The number of hydrogen-bond donors (Lipinski definition) is 6. The highest BCUT2D eigenvalue weighted by Crippen LogP contribution is 2.34. The molecule has 2 atom stereocenters. The molecule has 1 aromatic rings. The summed E-state index contributed by atoms with van der Waals surface area (Å²) in [6.45, 7) is 18.5. The Morgan fingerprint density at radius 1 is 0.708 bits per heavy atom. The molecule has 0 bridgehead atoms. The highest BCUT2D eigenvalue weighted by molar-refractivity contribution is 5.99. The molecular formula is C49H95N7O9. The van der Waals surface area contributed by atoms with E-state index in [9.17, 15) is 33.6 Å².